The van der Waals surface area contributed by atoms with E-state index >= 15 is 0 Å². The molecule has 0 N–H and O–H groups in total. The molecule has 0 saturated heterocycles. The van der Waals surface area contributed by atoms with Crippen LogP contribution >= 0.6 is 0 Å². The molecule has 1 aromatic rings. The van der Waals surface area contributed by atoms with Crippen molar-refractivity contribution in [2.75, 3.05) is 18.5 Å². The molecular weight excluding hydrogens is 284 g/mol. The summed E-state index contributed by atoms with van der Waals surface area (Å²) >= 11 is 0. The van der Waals surface area contributed by atoms with E-state index in [2.05, 4.69) is 18.7 Å². The number of hydrogen-bond donors (Lipinski definition) is 0. The van der Waals surface area contributed by atoms with Crippen molar-refractivity contribution in [2.24, 2.45) is 0 Å². The molecule has 23 heavy (non-hydrogen) atoms. The summed E-state index contributed by atoms with van der Waals surface area (Å²) in [5.74, 6) is 0. The molecule has 0 aromatic heterocycles. The average Bonchev–Trinajstić information content (AvgIpc) is 2.56. The van der Waals surface area contributed by atoms with Crippen LogP contribution in [0.3, 0.4) is 0 Å². The van der Waals surface area contributed by atoms with Gasteiger partial charge in [-0.05, 0) is 30.9 Å². The molecule has 1 heterocycles. The first-order valence-electron chi connectivity index (χ1n) is 8.95. The average molecular weight is 314 g/mol. The monoisotopic (exact) mass is 314 g/mol. The van der Waals surface area contributed by atoms with Crippen molar-refractivity contribution in [3.05, 3.63) is 42.5 Å². The zero-order valence-electron chi connectivity index (χ0n) is 14.5. The van der Waals surface area contributed by atoms with Gasteiger partial charge in [0.25, 0.3) is 0 Å². The molecular formula is C20H30N2O. The molecule has 3 heteroatoms. The molecule has 3 nitrogen and oxygen atoms in total. The molecule has 126 valence electrons. The number of anilines is 1. The molecule has 0 aliphatic carbocycles. The Bertz CT molecular complexity index is 512. The van der Waals surface area contributed by atoms with Gasteiger partial charge in [-0.25, -0.2) is 4.79 Å². The van der Waals surface area contributed by atoms with Gasteiger partial charge >= 0.3 is 6.03 Å². The predicted octanol–water partition coefficient (Wildman–Crippen LogP) is 5.37. The van der Waals surface area contributed by atoms with Crippen LogP contribution in [0.5, 0.6) is 0 Å². The summed E-state index contributed by atoms with van der Waals surface area (Å²) in [7, 11) is 1.88. The number of nitrogens with zero attached hydrogens (tertiary/aromatic N) is 2. The molecule has 2 amide bonds. The Kier molecular flexibility index (Phi) is 7.18. The summed E-state index contributed by atoms with van der Waals surface area (Å²) < 4.78 is 0. The Morgan fingerprint density at radius 3 is 2.43 bits per heavy atom. The van der Waals surface area contributed by atoms with Crippen LogP contribution in [0.2, 0.25) is 0 Å². The quantitative estimate of drug-likeness (QED) is 0.421. The van der Waals surface area contributed by atoms with Crippen LogP contribution in [0, 0.1) is 0 Å². The third-order valence-corrected chi connectivity index (χ3v) is 4.54. The fourth-order valence-electron chi connectivity index (χ4n) is 3.20. The molecule has 0 atom stereocenters. The van der Waals surface area contributed by atoms with Crippen LogP contribution < -0.4 is 4.90 Å². The highest BCUT2D eigenvalue weighted by Crippen LogP contribution is 2.28. The lowest BCUT2D eigenvalue weighted by Crippen LogP contribution is -2.45. The van der Waals surface area contributed by atoms with Gasteiger partial charge in [-0.3, -0.25) is 4.90 Å². The lowest BCUT2D eigenvalue weighted by Gasteiger charge is -2.35. The van der Waals surface area contributed by atoms with Crippen molar-refractivity contribution < 1.29 is 4.79 Å². The van der Waals surface area contributed by atoms with Crippen molar-refractivity contribution >= 4 is 11.7 Å². The SMILES string of the molecule is C=CCCCCCCCCCN1C(=O)N(C)Cc2ccccc21. The lowest BCUT2D eigenvalue weighted by atomic mass is 10.1. The van der Waals surface area contributed by atoms with Gasteiger partial charge in [-0.2, -0.15) is 0 Å². The van der Waals surface area contributed by atoms with Crippen molar-refractivity contribution in [3.63, 3.8) is 0 Å². The van der Waals surface area contributed by atoms with Crippen LogP contribution in [0.15, 0.2) is 36.9 Å². The van der Waals surface area contributed by atoms with E-state index in [0.29, 0.717) is 0 Å². The first kappa shape index (κ1) is 17.6. The fourth-order valence-corrected chi connectivity index (χ4v) is 3.20. The topological polar surface area (TPSA) is 23.6 Å². The van der Waals surface area contributed by atoms with Gasteiger partial charge in [-0.15, -0.1) is 6.58 Å². The smallest absolute Gasteiger partial charge is 0.323 e. The lowest BCUT2D eigenvalue weighted by molar-refractivity contribution is 0.210. The zero-order valence-corrected chi connectivity index (χ0v) is 14.5. The minimum absolute atomic E-state index is 0.133. The number of hydrogen-bond acceptors (Lipinski definition) is 1. The highest BCUT2D eigenvalue weighted by atomic mass is 16.2. The second kappa shape index (κ2) is 9.39. The molecule has 1 aliphatic rings. The van der Waals surface area contributed by atoms with Crippen molar-refractivity contribution in [1.82, 2.24) is 4.90 Å². The second-order valence-corrected chi connectivity index (χ2v) is 6.47. The van der Waals surface area contributed by atoms with Crippen molar-refractivity contribution in [2.45, 2.75) is 57.9 Å². The van der Waals surface area contributed by atoms with Crippen LogP contribution in [-0.2, 0) is 6.54 Å². The number of benzene rings is 1. The predicted molar refractivity (Wildman–Crippen MR) is 97.8 cm³/mol. The molecule has 1 aromatic carbocycles. The van der Waals surface area contributed by atoms with Crippen LogP contribution in [-0.4, -0.2) is 24.5 Å². The van der Waals surface area contributed by atoms with Crippen LogP contribution in [0.25, 0.3) is 0 Å². The zero-order chi connectivity index (χ0) is 16.5. The second-order valence-electron chi connectivity index (χ2n) is 6.47. The number of para-hydroxylation sites is 1. The number of carbonyl (C=O) groups excluding carboxylic acids is 1. The molecule has 0 saturated carbocycles. The van der Waals surface area contributed by atoms with Gasteiger partial charge in [-0.1, -0.05) is 56.4 Å². The van der Waals surface area contributed by atoms with E-state index in [1.807, 2.05) is 35.1 Å². The van der Waals surface area contributed by atoms with Crippen LogP contribution in [0.1, 0.15) is 56.9 Å². The van der Waals surface area contributed by atoms with Gasteiger partial charge in [0.05, 0.1) is 5.69 Å². The standard InChI is InChI=1S/C20H30N2O/c1-3-4-5-6-7-8-9-10-13-16-22-19-15-12-11-14-18(19)17-21(2)20(22)23/h3,11-12,14-15H,1,4-10,13,16-17H2,2H3. The summed E-state index contributed by atoms with van der Waals surface area (Å²) in [4.78, 5) is 16.2. The molecule has 0 fully saturated rings. The molecule has 0 unspecified atom stereocenters. The van der Waals surface area contributed by atoms with E-state index < -0.39 is 0 Å². The molecule has 1 aliphatic heterocycles. The van der Waals surface area contributed by atoms with E-state index in [0.717, 1.165) is 31.6 Å². The molecule has 2 rings (SSSR count). The minimum Gasteiger partial charge on any atom is -0.323 e. The highest BCUT2D eigenvalue weighted by Gasteiger charge is 2.26. The molecule has 0 spiro atoms. The summed E-state index contributed by atoms with van der Waals surface area (Å²) in [6.07, 6.45) is 11.9. The van der Waals surface area contributed by atoms with E-state index in [1.165, 1.54) is 44.1 Å². The number of urea groups is 1. The van der Waals surface area contributed by atoms with E-state index in [4.69, 9.17) is 0 Å². The summed E-state index contributed by atoms with van der Waals surface area (Å²) in [5, 5.41) is 0. The number of allylic oxidation sites excluding steroid dienone is 1. The van der Waals surface area contributed by atoms with E-state index in [1.54, 1.807) is 0 Å². The maximum absolute atomic E-state index is 12.4. The number of unbranched alkanes of at least 4 members (excludes halogenated alkanes) is 7. The Morgan fingerprint density at radius 2 is 1.70 bits per heavy atom. The Morgan fingerprint density at radius 1 is 1.04 bits per heavy atom. The van der Waals surface area contributed by atoms with Crippen molar-refractivity contribution in [1.29, 1.82) is 0 Å². The van der Waals surface area contributed by atoms with Gasteiger partial charge in [0, 0.05) is 20.1 Å². The highest BCUT2D eigenvalue weighted by molar-refractivity contribution is 5.94. The maximum atomic E-state index is 12.4. The number of fused-ring (bicyclic) bond motifs is 1. The Labute approximate surface area is 141 Å². The summed E-state index contributed by atoms with van der Waals surface area (Å²) in [5.41, 5.74) is 2.34. The van der Waals surface area contributed by atoms with Gasteiger partial charge < -0.3 is 4.90 Å². The van der Waals surface area contributed by atoms with Crippen LogP contribution in [0.4, 0.5) is 10.5 Å². The van der Waals surface area contributed by atoms with E-state index in [9.17, 15) is 4.79 Å². The third kappa shape index (κ3) is 5.12. The van der Waals surface area contributed by atoms with Gasteiger partial charge in [0.15, 0.2) is 0 Å². The summed E-state index contributed by atoms with van der Waals surface area (Å²) in [6, 6.07) is 8.39. The molecule has 0 radical (unpaired) electrons. The van der Waals surface area contributed by atoms with E-state index in [-0.39, 0.29) is 6.03 Å². The maximum Gasteiger partial charge on any atom is 0.324 e. The fraction of sp³-hybridized carbons (Fsp3) is 0.550. The Balaban J connectivity index is 1.71. The first-order chi connectivity index (χ1) is 11.2. The molecule has 0 bridgehead atoms. The number of carbonyl (C=O) groups is 1. The third-order valence-electron chi connectivity index (χ3n) is 4.54. The summed E-state index contributed by atoms with van der Waals surface area (Å²) in [6.45, 7) is 5.30. The largest absolute Gasteiger partial charge is 0.324 e. The first-order valence-corrected chi connectivity index (χ1v) is 8.95. The van der Waals surface area contributed by atoms with Gasteiger partial charge in [0.1, 0.15) is 0 Å². The minimum atomic E-state index is 0.133. The number of rotatable bonds is 10. The van der Waals surface area contributed by atoms with Gasteiger partial charge in [0.2, 0.25) is 0 Å². The number of amides is 2. The normalized spacial score (nSPS) is 14.0. The van der Waals surface area contributed by atoms with Crippen molar-refractivity contribution in [3.8, 4) is 0 Å². The Hall–Kier alpha value is -1.77.